The average Bonchev–Trinajstić information content (AvgIpc) is 2.75. The van der Waals surface area contributed by atoms with E-state index >= 15 is 0 Å². The predicted molar refractivity (Wildman–Crippen MR) is 68.3 cm³/mol. The van der Waals surface area contributed by atoms with Crippen molar-refractivity contribution in [2.75, 3.05) is 6.61 Å². The Balaban J connectivity index is 2.40. The Labute approximate surface area is 118 Å². The van der Waals surface area contributed by atoms with Crippen molar-refractivity contribution in [1.82, 2.24) is 9.55 Å². The SMILES string of the molecule is N#CCCn1c(=O)[nH]cc([C@@H]2O[C@H](CO)[C@@H](O)[C@H]2O)c1=O. The van der Waals surface area contributed by atoms with E-state index in [1.54, 1.807) is 0 Å². The molecule has 2 heterocycles. The maximum absolute atomic E-state index is 12.2. The summed E-state index contributed by atoms with van der Waals surface area (Å²) in [6.45, 7) is -0.603. The van der Waals surface area contributed by atoms with Gasteiger partial charge in [-0.15, -0.1) is 0 Å². The van der Waals surface area contributed by atoms with Gasteiger partial charge in [0.2, 0.25) is 0 Å². The molecule has 21 heavy (non-hydrogen) atoms. The fraction of sp³-hybridized carbons (Fsp3) is 0.583. The second-order valence-electron chi connectivity index (χ2n) is 4.67. The van der Waals surface area contributed by atoms with Gasteiger partial charge in [-0.1, -0.05) is 0 Å². The van der Waals surface area contributed by atoms with Crippen molar-refractivity contribution in [3.8, 4) is 6.07 Å². The highest BCUT2D eigenvalue weighted by molar-refractivity contribution is 5.14. The van der Waals surface area contributed by atoms with Crippen molar-refractivity contribution in [1.29, 1.82) is 5.26 Å². The summed E-state index contributed by atoms with van der Waals surface area (Å²) in [7, 11) is 0. The van der Waals surface area contributed by atoms with Crippen LogP contribution in [0.3, 0.4) is 0 Å². The smallest absolute Gasteiger partial charge is 0.328 e. The summed E-state index contributed by atoms with van der Waals surface area (Å²) >= 11 is 0. The molecule has 0 unspecified atom stereocenters. The van der Waals surface area contributed by atoms with E-state index in [1.807, 2.05) is 6.07 Å². The van der Waals surface area contributed by atoms with E-state index in [9.17, 15) is 19.8 Å². The maximum Gasteiger partial charge on any atom is 0.328 e. The van der Waals surface area contributed by atoms with E-state index < -0.39 is 42.3 Å². The highest BCUT2D eigenvalue weighted by Crippen LogP contribution is 2.31. The van der Waals surface area contributed by atoms with Crippen LogP contribution < -0.4 is 11.2 Å². The minimum atomic E-state index is -1.40. The van der Waals surface area contributed by atoms with Crippen molar-refractivity contribution in [2.24, 2.45) is 0 Å². The molecule has 0 radical (unpaired) electrons. The van der Waals surface area contributed by atoms with Crippen molar-refractivity contribution in [3.63, 3.8) is 0 Å². The molecule has 2 rings (SSSR count). The van der Waals surface area contributed by atoms with E-state index in [2.05, 4.69) is 4.98 Å². The number of aromatic nitrogens is 2. The Hall–Kier alpha value is -1.99. The standard InChI is InChI=1S/C12H15N3O6/c13-2-1-3-15-11(19)6(4-14-12(15)20)10-9(18)8(17)7(5-16)21-10/h4,7-10,16-18H,1,3,5H2,(H,14,20)/t7-,8-,9-,10+/m1/s1. The van der Waals surface area contributed by atoms with Gasteiger partial charge in [0.25, 0.3) is 5.56 Å². The first kappa shape index (κ1) is 15.4. The maximum atomic E-state index is 12.2. The van der Waals surface area contributed by atoms with Crippen LogP contribution >= 0.6 is 0 Å². The number of aromatic amines is 1. The lowest BCUT2D eigenvalue weighted by Gasteiger charge is -2.15. The molecule has 0 amide bonds. The third-order valence-electron chi connectivity index (χ3n) is 3.38. The molecule has 4 N–H and O–H groups in total. The van der Waals surface area contributed by atoms with Gasteiger partial charge in [0.1, 0.15) is 24.4 Å². The largest absolute Gasteiger partial charge is 0.394 e. The number of hydrogen-bond acceptors (Lipinski definition) is 7. The Morgan fingerprint density at radius 2 is 2.10 bits per heavy atom. The lowest BCUT2D eigenvalue weighted by molar-refractivity contribution is -0.0233. The molecular formula is C12H15N3O6. The topological polar surface area (TPSA) is 149 Å². The van der Waals surface area contributed by atoms with E-state index in [1.165, 1.54) is 0 Å². The molecule has 4 atom stereocenters. The van der Waals surface area contributed by atoms with Gasteiger partial charge < -0.3 is 25.0 Å². The number of hydrogen-bond donors (Lipinski definition) is 4. The Bertz CT molecular complexity index is 660. The van der Waals surface area contributed by atoms with Crippen molar-refractivity contribution in [3.05, 3.63) is 32.6 Å². The lowest BCUT2D eigenvalue weighted by atomic mass is 10.0. The van der Waals surface area contributed by atoms with Gasteiger partial charge in [-0.25, -0.2) is 4.79 Å². The molecule has 1 aliphatic rings. The fourth-order valence-corrected chi connectivity index (χ4v) is 2.25. The number of nitrogens with zero attached hydrogens (tertiary/aromatic N) is 2. The highest BCUT2D eigenvalue weighted by Gasteiger charge is 2.44. The number of nitrogens with one attached hydrogen (secondary N) is 1. The second kappa shape index (κ2) is 6.19. The van der Waals surface area contributed by atoms with E-state index in [0.29, 0.717) is 0 Å². The van der Waals surface area contributed by atoms with Crippen LogP contribution in [0.2, 0.25) is 0 Å². The van der Waals surface area contributed by atoms with Gasteiger partial charge in [0.05, 0.1) is 24.7 Å². The number of H-pyrrole nitrogens is 1. The summed E-state index contributed by atoms with van der Waals surface area (Å²) in [6.07, 6.45) is -3.82. The zero-order valence-electron chi connectivity index (χ0n) is 11.0. The van der Waals surface area contributed by atoms with Crippen LogP contribution in [-0.2, 0) is 11.3 Å². The normalized spacial score (nSPS) is 28.5. The van der Waals surface area contributed by atoms with Crippen LogP contribution in [0.1, 0.15) is 18.1 Å². The molecule has 1 saturated heterocycles. The summed E-state index contributed by atoms with van der Waals surface area (Å²) < 4.78 is 6.08. The first-order chi connectivity index (χ1) is 10.0. The molecule has 0 spiro atoms. The number of nitriles is 1. The molecule has 9 heteroatoms. The molecule has 0 aromatic carbocycles. The molecule has 0 bridgehead atoms. The fourth-order valence-electron chi connectivity index (χ4n) is 2.25. The van der Waals surface area contributed by atoms with Crippen LogP contribution in [0.25, 0.3) is 0 Å². The number of rotatable bonds is 4. The molecule has 1 fully saturated rings. The van der Waals surface area contributed by atoms with E-state index in [0.717, 1.165) is 10.8 Å². The van der Waals surface area contributed by atoms with Gasteiger partial charge in [0.15, 0.2) is 0 Å². The predicted octanol–water partition coefficient (Wildman–Crippen LogP) is -2.40. The van der Waals surface area contributed by atoms with Crippen LogP contribution in [0.5, 0.6) is 0 Å². The molecule has 0 saturated carbocycles. The molecule has 1 aromatic rings. The molecule has 1 aromatic heterocycles. The summed E-state index contributed by atoms with van der Waals surface area (Å²) in [4.78, 5) is 26.1. The number of aliphatic hydroxyl groups is 3. The average molecular weight is 297 g/mol. The minimum absolute atomic E-state index is 0.0254. The lowest BCUT2D eigenvalue weighted by Crippen LogP contribution is -2.39. The zero-order chi connectivity index (χ0) is 15.6. The van der Waals surface area contributed by atoms with E-state index in [4.69, 9.17) is 15.1 Å². The number of aliphatic hydroxyl groups excluding tert-OH is 3. The summed E-state index contributed by atoms with van der Waals surface area (Å²) in [5.74, 6) is 0. The summed E-state index contributed by atoms with van der Waals surface area (Å²) in [5, 5.41) is 37.1. The number of ether oxygens (including phenoxy) is 1. The first-order valence-corrected chi connectivity index (χ1v) is 6.33. The van der Waals surface area contributed by atoms with Crippen molar-refractivity contribution < 1.29 is 20.1 Å². The Kier molecular flexibility index (Phi) is 4.54. The minimum Gasteiger partial charge on any atom is -0.394 e. The van der Waals surface area contributed by atoms with Gasteiger partial charge in [0, 0.05) is 12.7 Å². The Morgan fingerprint density at radius 1 is 1.38 bits per heavy atom. The van der Waals surface area contributed by atoms with Crippen LogP contribution in [0, 0.1) is 11.3 Å². The molecule has 114 valence electrons. The van der Waals surface area contributed by atoms with Gasteiger partial charge in [-0.2, -0.15) is 5.26 Å². The summed E-state index contributed by atoms with van der Waals surface area (Å²) in [6, 6.07) is 1.83. The Morgan fingerprint density at radius 3 is 2.67 bits per heavy atom. The molecule has 1 aliphatic heterocycles. The second-order valence-corrected chi connectivity index (χ2v) is 4.67. The quantitative estimate of drug-likeness (QED) is 0.484. The van der Waals surface area contributed by atoms with Crippen molar-refractivity contribution >= 4 is 0 Å². The molecule has 0 aliphatic carbocycles. The molecular weight excluding hydrogens is 282 g/mol. The van der Waals surface area contributed by atoms with Crippen LogP contribution in [0.4, 0.5) is 0 Å². The van der Waals surface area contributed by atoms with Gasteiger partial charge >= 0.3 is 5.69 Å². The monoisotopic (exact) mass is 297 g/mol. The summed E-state index contributed by atoms with van der Waals surface area (Å²) in [5.41, 5.74) is -1.43. The third-order valence-corrected chi connectivity index (χ3v) is 3.38. The van der Waals surface area contributed by atoms with Gasteiger partial charge in [-0.3, -0.25) is 9.36 Å². The van der Waals surface area contributed by atoms with Crippen LogP contribution in [0.15, 0.2) is 15.8 Å². The van der Waals surface area contributed by atoms with Gasteiger partial charge in [-0.05, 0) is 0 Å². The van der Waals surface area contributed by atoms with Crippen LogP contribution in [-0.4, -0.2) is 49.8 Å². The first-order valence-electron chi connectivity index (χ1n) is 6.33. The third kappa shape index (κ3) is 2.74. The van der Waals surface area contributed by atoms with E-state index in [-0.39, 0.29) is 18.5 Å². The molecule has 9 nitrogen and oxygen atoms in total. The highest BCUT2D eigenvalue weighted by atomic mass is 16.6. The zero-order valence-corrected chi connectivity index (χ0v) is 11.0. The van der Waals surface area contributed by atoms with Crippen molar-refractivity contribution in [2.45, 2.75) is 37.4 Å².